The zero-order valence-electron chi connectivity index (χ0n) is 10.1. The van der Waals surface area contributed by atoms with Crippen molar-refractivity contribution in [2.75, 3.05) is 0 Å². The van der Waals surface area contributed by atoms with Crippen LogP contribution in [0.4, 0.5) is 0 Å². The molecule has 1 aliphatic rings. The van der Waals surface area contributed by atoms with E-state index in [1.54, 1.807) is 26.0 Å². The molecule has 0 atom stereocenters. The molecule has 0 bridgehead atoms. The molecule has 0 unspecified atom stereocenters. The number of benzene rings is 1. The number of hydrogen-bond donors (Lipinski definition) is 0. The quantitative estimate of drug-likeness (QED) is 0.666. The molecular formula is C14H12O4. The van der Waals surface area contributed by atoms with Crippen molar-refractivity contribution in [2.45, 2.75) is 25.9 Å². The van der Waals surface area contributed by atoms with Gasteiger partial charge < -0.3 is 9.15 Å². The van der Waals surface area contributed by atoms with Gasteiger partial charge in [-0.15, -0.1) is 0 Å². The number of hydrogen-bond acceptors (Lipinski definition) is 4. The lowest BCUT2D eigenvalue weighted by molar-refractivity contribution is -0.132. The molecule has 2 aromatic rings. The molecule has 0 fully saturated rings. The molecule has 3 rings (SSSR count). The number of ether oxygens (including phenoxy) is 1. The van der Waals surface area contributed by atoms with Gasteiger partial charge in [0.25, 0.3) is 0 Å². The van der Waals surface area contributed by atoms with Gasteiger partial charge in [0.1, 0.15) is 11.3 Å². The number of ketones is 1. The molecule has 0 aliphatic carbocycles. The fraction of sp³-hybridized carbons (Fsp3) is 0.286. The zero-order valence-corrected chi connectivity index (χ0v) is 10.1. The first-order chi connectivity index (χ1) is 8.45. The van der Waals surface area contributed by atoms with Gasteiger partial charge in [-0.2, -0.15) is 0 Å². The molecule has 0 N–H and O–H groups in total. The van der Waals surface area contributed by atoms with Crippen LogP contribution in [0.5, 0.6) is 5.75 Å². The minimum absolute atomic E-state index is 0.0479. The Hall–Kier alpha value is -2.10. The van der Waals surface area contributed by atoms with E-state index in [0.717, 1.165) is 10.9 Å². The first-order valence-corrected chi connectivity index (χ1v) is 5.75. The molecule has 1 aromatic carbocycles. The van der Waals surface area contributed by atoms with Crippen LogP contribution in [0, 0.1) is 0 Å². The third-order valence-corrected chi connectivity index (χ3v) is 3.19. The molecule has 92 valence electrons. The van der Waals surface area contributed by atoms with Crippen LogP contribution in [0.15, 0.2) is 33.5 Å². The average molecular weight is 244 g/mol. The van der Waals surface area contributed by atoms with Gasteiger partial charge in [0, 0.05) is 29.5 Å². The lowest BCUT2D eigenvalue weighted by Crippen LogP contribution is -2.42. The molecular weight excluding hydrogens is 232 g/mol. The molecule has 0 amide bonds. The molecule has 0 saturated heterocycles. The van der Waals surface area contributed by atoms with E-state index in [1.165, 1.54) is 6.07 Å². The van der Waals surface area contributed by atoms with Gasteiger partial charge in [-0.25, -0.2) is 4.79 Å². The summed E-state index contributed by atoms with van der Waals surface area (Å²) in [7, 11) is 0. The summed E-state index contributed by atoms with van der Waals surface area (Å²) in [4.78, 5) is 23.0. The van der Waals surface area contributed by atoms with Crippen molar-refractivity contribution in [2.24, 2.45) is 0 Å². The van der Waals surface area contributed by atoms with Gasteiger partial charge in [0.2, 0.25) is 0 Å². The molecule has 18 heavy (non-hydrogen) atoms. The largest absolute Gasteiger partial charge is 0.480 e. The minimum Gasteiger partial charge on any atom is -0.480 e. The second-order valence-electron chi connectivity index (χ2n) is 4.96. The summed E-state index contributed by atoms with van der Waals surface area (Å²) in [5.74, 6) is 0.660. The van der Waals surface area contributed by atoms with E-state index in [2.05, 4.69) is 0 Å². The molecule has 0 radical (unpaired) electrons. The van der Waals surface area contributed by atoms with Gasteiger partial charge in [-0.3, -0.25) is 4.79 Å². The number of fused-ring (bicyclic) bond motifs is 2. The van der Waals surface area contributed by atoms with Gasteiger partial charge in [0.05, 0.1) is 0 Å². The highest BCUT2D eigenvalue weighted by Gasteiger charge is 2.35. The third kappa shape index (κ3) is 1.61. The Bertz CT molecular complexity index is 709. The highest BCUT2D eigenvalue weighted by molar-refractivity contribution is 5.92. The number of carbonyl (C=O) groups excluding carboxylic acids is 1. The van der Waals surface area contributed by atoms with Gasteiger partial charge in [0.15, 0.2) is 11.4 Å². The summed E-state index contributed by atoms with van der Waals surface area (Å²) < 4.78 is 10.8. The Kier molecular flexibility index (Phi) is 2.11. The number of carbonyl (C=O) groups is 1. The second-order valence-corrected chi connectivity index (χ2v) is 4.96. The Labute approximate surface area is 103 Å². The summed E-state index contributed by atoms with van der Waals surface area (Å²) in [6.07, 6.45) is 0.345. The maximum Gasteiger partial charge on any atom is 0.336 e. The van der Waals surface area contributed by atoms with Crippen molar-refractivity contribution < 1.29 is 13.9 Å². The van der Waals surface area contributed by atoms with Crippen molar-refractivity contribution in [1.29, 1.82) is 0 Å². The van der Waals surface area contributed by atoms with E-state index >= 15 is 0 Å². The van der Waals surface area contributed by atoms with E-state index < -0.39 is 11.2 Å². The zero-order chi connectivity index (χ0) is 12.9. The summed E-state index contributed by atoms with van der Waals surface area (Å²) >= 11 is 0. The SMILES string of the molecule is CC1(C)Oc2cc3oc(=O)ccc3cc2CC1=O. The molecule has 0 spiro atoms. The molecule has 1 aromatic heterocycles. The highest BCUT2D eigenvalue weighted by Crippen LogP contribution is 2.33. The van der Waals surface area contributed by atoms with Crippen LogP contribution in [0.1, 0.15) is 19.4 Å². The molecule has 4 heteroatoms. The summed E-state index contributed by atoms with van der Waals surface area (Å²) in [6.45, 7) is 3.48. The van der Waals surface area contributed by atoms with Crippen molar-refractivity contribution in [3.8, 4) is 5.75 Å². The van der Waals surface area contributed by atoms with Crippen LogP contribution in [0.25, 0.3) is 11.0 Å². The van der Waals surface area contributed by atoms with Crippen LogP contribution in [-0.4, -0.2) is 11.4 Å². The molecule has 4 nitrogen and oxygen atoms in total. The monoisotopic (exact) mass is 244 g/mol. The smallest absolute Gasteiger partial charge is 0.336 e. The second kappa shape index (κ2) is 3.45. The minimum atomic E-state index is -0.824. The Morgan fingerprint density at radius 1 is 1.17 bits per heavy atom. The van der Waals surface area contributed by atoms with Crippen molar-refractivity contribution in [3.05, 3.63) is 40.2 Å². The van der Waals surface area contributed by atoms with Crippen LogP contribution in [0.2, 0.25) is 0 Å². The average Bonchev–Trinajstić information content (AvgIpc) is 2.28. The van der Waals surface area contributed by atoms with E-state index in [9.17, 15) is 9.59 Å². The van der Waals surface area contributed by atoms with E-state index in [1.807, 2.05) is 6.07 Å². The Morgan fingerprint density at radius 3 is 2.72 bits per heavy atom. The first-order valence-electron chi connectivity index (χ1n) is 5.75. The molecule has 1 aliphatic heterocycles. The van der Waals surface area contributed by atoms with Crippen molar-refractivity contribution in [1.82, 2.24) is 0 Å². The van der Waals surface area contributed by atoms with E-state index in [0.29, 0.717) is 17.8 Å². The van der Waals surface area contributed by atoms with Crippen LogP contribution in [0.3, 0.4) is 0 Å². The fourth-order valence-electron chi connectivity index (χ4n) is 2.09. The fourth-order valence-corrected chi connectivity index (χ4v) is 2.09. The first kappa shape index (κ1) is 11.0. The standard InChI is InChI=1S/C14H12O4/c1-14(2)12(15)6-9-5-8-3-4-13(16)17-10(8)7-11(9)18-14/h3-5,7H,6H2,1-2H3. The third-order valence-electron chi connectivity index (χ3n) is 3.19. The summed E-state index contributed by atoms with van der Waals surface area (Å²) in [5.41, 5.74) is 0.0936. The summed E-state index contributed by atoms with van der Waals surface area (Å²) in [5, 5.41) is 0.796. The van der Waals surface area contributed by atoms with Gasteiger partial charge in [-0.1, -0.05) is 0 Å². The number of Topliss-reactive ketones (excluding diaryl/α,β-unsaturated/α-hetero) is 1. The van der Waals surface area contributed by atoms with Crippen molar-refractivity contribution >= 4 is 16.8 Å². The normalized spacial score (nSPS) is 17.3. The van der Waals surface area contributed by atoms with Crippen molar-refractivity contribution in [3.63, 3.8) is 0 Å². The molecule has 2 heterocycles. The lowest BCUT2D eigenvalue weighted by Gasteiger charge is -2.31. The topological polar surface area (TPSA) is 56.5 Å². The van der Waals surface area contributed by atoms with Crippen LogP contribution < -0.4 is 10.4 Å². The number of rotatable bonds is 0. The van der Waals surface area contributed by atoms with Crippen LogP contribution >= 0.6 is 0 Å². The van der Waals surface area contributed by atoms with Crippen LogP contribution in [-0.2, 0) is 11.2 Å². The predicted molar refractivity (Wildman–Crippen MR) is 65.9 cm³/mol. The maximum atomic E-state index is 11.9. The molecule has 0 saturated carbocycles. The van der Waals surface area contributed by atoms with Gasteiger partial charge >= 0.3 is 5.63 Å². The predicted octanol–water partition coefficient (Wildman–Crippen LogP) is 2.08. The Balaban J connectivity index is 2.23. The Morgan fingerprint density at radius 2 is 1.94 bits per heavy atom. The highest BCUT2D eigenvalue weighted by atomic mass is 16.5. The lowest BCUT2D eigenvalue weighted by atomic mass is 9.92. The van der Waals surface area contributed by atoms with E-state index in [4.69, 9.17) is 9.15 Å². The summed E-state index contributed by atoms with van der Waals surface area (Å²) in [6, 6.07) is 6.57. The van der Waals surface area contributed by atoms with E-state index in [-0.39, 0.29) is 5.78 Å². The maximum absolute atomic E-state index is 11.9. The van der Waals surface area contributed by atoms with Gasteiger partial charge in [-0.05, 0) is 26.0 Å².